The highest BCUT2D eigenvalue weighted by molar-refractivity contribution is 4.99. The maximum atomic E-state index is 4.21. The van der Waals surface area contributed by atoms with E-state index in [0.717, 1.165) is 30.7 Å². The summed E-state index contributed by atoms with van der Waals surface area (Å²) >= 11 is 0. The molecule has 0 spiro atoms. The van der Waals surface area contributed by atoms with Crippen LogP contribution >= 0.6 is 0 Å². The van der Waals surface area contributed by atoms with E-state index in [0.29, 0.717) is 0 Å². The van der Waals surface area contributed by atoms with Gasteiger partial charge in [0.25, 0.3) is 0 Å². The van der Waals surface area contributed by atoms with Crippen LogP contribution in [-0.2, 0) is 6.54 Å². The second-order valence-corrected chi connectivity index (χ2v) is 5.42. The molecular formula is C14H25N3. The Morgan fingerprint density at radius 1 is 1.29 bits per heavy atom. The number of nitrogens with zero attached hydrogens (tertiary/aromatic N) is 1. The van der Waals surface area contributed by atoms with Crippen molar-refractivity contribution < 1.29 is 0 Å². The Hall–Kier alpha value is -0.830. The van der Waals surface area contributed by atoms with Crippen LogP contribution in [0.15, 0.2) is 6.20 Å². The van der Waals surface area contributed by atoms with Crippen molar-refractivity contribution in [2.75, 3.05) is 6.54 Å². The van der Waals surface area contributed by atoms with E-state index in [-0.39, 0.29) is 0 Å². The number of imidazole rings is 1. The van der Waals surface area contributed by atoms with E-state index in [1.807, 2.05) is 13.1 Å². The number of hydrogen-bond acceptors (Lipinski definition) is 2. The molecule has 1 heterocycles. The van der Waals surface area contributed by atoms with Crippen molar-refractivity contribution in [2.24, 2.45) is 11.8 Å². The molecule has 2 rings (SSSR count). The topological polar surface area (TPSA) is 40.7 Å². The fourth-order valence-corrected chi connectivity index (χ4v) is 2.82. The van der Waals surface area contributed by atoms with Crippen molar-refractivity contribution in [1.29, 1.82) is 0 Å². The number of hydrogen-bond donors (Lipinski definition) is 2. The molecular weight excluding hydrogens is 210 g/mol. The van der Waals surface area contributed by atoms with Gasteiger partial charge in [-0.2, -0.15) is 0 Å². The minimum atomic E-state index is 0.891. The molecule has 0 unspecified atom stereocenters. The second-order valence-electron chi connectivity index (χ2n) is 5.42. The number of rotatable bonds is 5. The molecule has 0 aromatic carbocycles. The molecule has 0 atom stereocenters. The summed E-state index contributed by atoms with van der Waals surface area (Å²) in [5, 5.41) is 3.55. The predicted octanol–water partition coefficient (Wildman–Crippen LogP) is 3.02. The molecule has 2 N–H and O–H groups in total. The molecule has 1 saturated carbocycles. The average molecular weight is 235 g/mol. The van der Waals surface area contributed by atoms with Gasteiger partial charge in [-0.25, -0.2) is 4.98 Å². The van der Waals surface area contributed by atoms with Crippen molar-refractivity contribution in [3.05, 3.63) is 17.7 Å². The molecule has 0 aliphatic heterocycles. The third-order valence-electron chi connectivity index (χ3n) is 4.05. The van der Waals surface area contributed by atoms with Gasteiger partial charge in [-0.1, -0.05) is 26.2 Å². The fourth-order valence-electron chi connectivity index (χ4n) is 2.82. The van der Waals surface area contributed by atoms with E-state index in [9.17, 15) is 0 Å². The molecule has 17 heavy (non-hydrogen) atoms. The van der Waals surface area contributed by atoms with Crippen LogP contribution in [0, 0.1) is 18.8 Å². The maximum Gasteiger partial charge on any atom is 0.103 e. The monoisotopic (exact) mass is 235 g/mol. The minimum absolute atomic E-state index is 0.891. The average Bonchev–Trinajstić information content (AvgIpc) is 2.76. The summed E-state index contributed by atoms with van der Waals surface area (Å²) < 4.78 is 0. The zero-order chi connectivity index (χ0) is 12.1. The third-order valence-corrected chi connectivity index (χ3v) is 4.05. The Bertz CT molecular complexity index is 324. The summed E-state index contributed by atoms with van der Waals surface area (Å²) in [6, 6.07) is 0. The van der Waals surface area contributed by atoms with Gasteiger partial charge in [-0.3, -0.25) is 0 Å². The smallest absolute Gasteiger partial charge is 0.103 e. The Kier molecular flexibility index (Phi) is 4.60. The molecule has 0 saturated heterocycles. The van der Waals surface area contributed by atoms with Crippen molar-refractivity contribution in [3.8, 4) is 0 Å². The third kappa shape index (κ3) is 3.84. The first-order valence-electron chi connectivity index (χ1n) is 6.99. The second kappa shape index (κ2) is 6.20. The van der Waals surface area contributed by atoms with Gasteiger partial charge in [-0.05, 0) is 38.1 Å². The molecule has 3 nitrogen and oxygen atoms in total. The lowest BCUT2D eigenvalue weighted by molar-refractivity contribution is 0.262. The van der Waals surface area contributed by atoms with Crippen LogP contribution in [0.1, 0.15) is 50.5 Å². The van der Waals surface area contributed by atoms with Crippen LogP contribution in [0.4, 0.5) is 0 Å². The zero-order valence-corrected chi connectivity index (χ0v) is 11.1. The predicted molar refractivity (Wildman–Crippen MR) is 70.8 cm³/mol. The quantitative estimate of drug-likeness (QED) is 0.823. The van der Waals surface area contributed by atoms with E-state index < -0.39 is 0 Å². The Labute approximate surface area is 104 Å². The first-order valence-corrected chi connectivity index (χ1v) is 6.99. The molecule has 1 aromatic heterocycles. The van der Waals surface area contributed by atoms with Crippen LogP contribution in [0.5, 0.6) is 0 Å². The molecule has 1 fully saturated rings. The van der Waals surface area contributed by atoms with Crippen LogP contribution in [0.2, 0.25) is 0 Å². The largest absolute Gasteiger partial charge is 0.345 e. The van der Waals surface area contributed by atoms with E-state index in [2.05, 4.69) is 22.2 Å². The summed E-state index contributed by atoms with van der Waals surface area (Å²) in [7, 11) is 0. The normalized spacial score (nSPS) is 25.1. The highest BCUT2D eigenvalue weighted by Crippen LogP contribution is 2.30. The first-order chi connectivity index (χ1) is 8.28. The minimum Gasteiger partial charge on any atom is -0.345 e. The number of nitrogens with one attached hydrogen (secondary N) is 2. The van der Waals surface area contributed by atoms with Crippen LogP contribution in [0.25, 0.3) is 0 Å². The summed E-state index contributed by atoms with van der Waals surface area (Å²) in [6.45, 7) is 6.41. The lowest BCUT2D eigenvalue weighted by Gasteiger charge is -2.27. The molecule has 96 valence electrons. The summed E-state index contributed by atoms with van der Waals surface area (Å²) in [5.41, 5.74) is 1.20. The van der Waals surface area contributed by atoms with Crippen LogP contribution in [-0.4, -0.2) is 16.5 Å². The van der Waals surface area contributed by atoms with Crippen LogP contribution in [0.3, 0.4) is 0 Å². The summed E-state index contributed by atoms with van der Waals surface area (Å²) in [4.78, 5) is 7.46. The first kappa shape index (κ1) is 12.6. The molecule has 1 aliphatic rings. The fraction of sp³-hybridized carbons (Fsp3) is 0.786. The molecule has 0 bridgehead atoms. The number of aromatic amines is 1. The van der Waals surface area contributed by atoms with Gasteiger partial charge >= 0.3 is 0 Å². The molecule has 3 heteroatoms. The Balaban J connectivity index is 1.63. The molecule has 0 radical (unpaired) electrons. The highest BCUT2D eigenvalue weighted by atomic mass is 15.0. The van der Waals surface area contributed by atoms with Crippen molar-refractivity contribution in [2.45, 2.75) is 52.5 Å². The van der Waals surface area contributed by atoms with E-state index >= 15 is 0 Å². The Morgan fingerprint density at radius 3 is 2.59 bits per heavy atom. The maximum absolute atomic E-state index is 4.21. The van der Waals surface area contributed by atoms with E-state index in [4.69, 9.17) is 0 Å². The highest BCUT2D eigenvalue weighted by Gasteiger charge is 2.19. The van der Waals surface area contributed by atoms with Gasteiger partial charge < -0.3 is 10.3 Å². The van der Waals surface area contributed by atoms with E-state index in [1.165, 1.54) is 37.8 Å². The van der Waals surface area contributed by atoms with Crippen molar-refractivity contribution in [1.82, 2.24) is 15.3 Å². The Morgan fingerprint density at radius 2 is 2.00 bits per heavy atom. The zero-order valence-electron chi connectivity index (χ0n) is 11.1. The van der Waals surface area contributed by atoms with Crippen LogP contribution < -0.4 is 5.32 Å². The number of aryl methyl sites for hydroxylation is 1. The lowest BCUT2D eigenvalue weighted by Crippen LogP contribution is -2.26. The van der Waals surface area contributed by atoms with Gasteiger partial charge in [0.2, 0.25) is 0 Å². The van der Waals surface area contributed by atoms with Gasteiger partial charge in [0.15, 0.2) is 0 Å². The number of H-pyrrole nitrogens is 1. The van der Waals surface area contributed by atoms with E-state index in [1.54, 1.807) is 0 Å². The van der Waals surface area contributed by atoms with Crippen molar-refractivity contribution >= 4 is 0 Å². The molecule has 1 aromatic rings. The van der Waals surface area contributed by atoms with Crippen molar-refractivity contribution in [3.63, 3.8) is 0 Å². The summed E-state index contributed by atoms with van der Waals surface area (Å²) in [5.74, 6) is 2.90. The van der Waals surface area contributed by atoms with Gasteiger partial charge in [-0.15, -0.1) is 0 Å². The summed E-state index contributed by atoms with van der Waals surface area (Å²) in [6.07, 6.45) is 8.99. The molecule has 0 amide bonds. The van der Waals surface area contributed by atoms with Gasteiger partial charge in [0.1, 0.15) is 5.82 Å². The lowest BCUT2D eigenvalue weighted by atomic mass is 9.81. The number of aromatic nitrogens is 2. The van der Waals surface area contributed by atoms with Gasteiger partial charge in [0, 0.05) is 18.4 Å². The molecule has 1 aliphatic carbocycles. The standard InChI is InChI=1S/C14H25N3/c1-3-12-4-6-13(7-5-12)8-15-9-14-10-16-11(2)17-14/h10,12-13,15H,3-9H2,1-2H3,(H,16,17). The van der Waals surface area contributed by atoms with Gasteiger partial charge in [0.05, 0.1) is 0 Å². The SMILES string of the molecule is CCC1CCC(CNCc2cnc(C)[nH]2)CC1.